The van der Waals surface area contributed by atoms with Crippen molar-refractivity contribution < 1.29 is 4.42 Å². The molecule has 2 heterocycles. The predicted octanol–water partition coefficient (Wildman–Crippen LogP) is 1.94. The van der Waals surface area contributed by atoms with Gasteiger partial charge in [0.25, 0.3) is 0 Å². The van der Waals surface area contributed by atoms with E-state index in [1.54, 1.807) is 12.5 Å². The highest BCUT2D eigenvalue weighted by Crippen LogP contribution is 2.16. The van der Waals surface area contributed by atoms with Crippen LogP contribution in [0.15, 0.2) is 35.1 Å². The summed E-state index contributed by atoms with van der Waals surface area (Å²) < 4.78 is 5.14. The van der Waals surface area contributed by atoms with Crippen LogP contribution in [-0.4, -0.2) is 4.98 Å². The Morgan fingerprint density at radius 2 is 2.36 bits per heavy atom. The molecule has 0 bridgehead atoms. The number of aromatic nitrogens is 1. The predicted molar refractivity (Wildman–Crippen MR) is 39.6 cm³/mol. The lowest BCUT2D eigenvalue weighted by Gasteiger charge is -1.90. The Morgan fingerprint density at radius 3 is 3.00 bits per heavy atom. The summed E-state index contributed by atoms with van der Waals surface area (Å²) in [6.07, 6.45) is 5.90. The molecule has 11 heavy (non-hydrogen) atoms. The average molecular weight is 143 g/mol. The molecule has 2 rings (SSSR count). The van der Waals surface area contributed by atoms with Gasteiger partial charge in [-0.15, -0.1) is 0 Å². The van der Waals surface area contributed by atoms with E-state index in [1.807, 2.05) is 18.2 Å². The third-order valence-corrected chi connectivity index (χ3v) is 1.36. The smallest absolute Gasteiger partial charge is 0.134 e. The quantitative estimate of drug-likeness (QED) is 0.609. The van der Waals surface area contributed by atoms with Gasteiger partial charge in [-0.1, -0.05) is 0 Å². The highest BCUT2D eigenvalue weighted by Gasteiger charge is 1.97. The first-order valence-corrected chi connectivity index (χ1v) is 3.25. The summed E-state index contributed by atoms with van der Waals surface area (Å²) in [5, 5.41) is 0. The van der Waals surface area contributed by atoms with E-state index >= 15 is 0 Å². The molecule has 0 aliphatic heterocycles. The second-order valence-electron chi connectivity index (χ2n) is 2.07. The van der Waals surface area contributed by atoms with Crippen molar-refractivity contribution in [2.24, 2.45) is 0 Å². The lowest BCUT2D eigenvalue weighted by atomic mass is 10.2. The minimum atomic E-state index is 0.795. The zero-order valence-electron chi connectivity index (χ0n) is 5.74. The molecule has 0 saturated carbocycles. The van der Waals surface area contributed by atoms with Gasteiger partial charge in [-0.3, -0.25) is 4.98 Å². The molecule has 0 atom stereocenters. The van der Waals surface area contributed by atoms with Crippen LogP contribution >= 0.6 is 0 Å². The van der Waals surface area contributed by atoms with E-state index in [4.69, 9.17) is 4.42 Å². The topological polar surface area (TPSA) is 26.0 Å². The van der Waals surface area contributed by atoms with Crippen molar-refractivity contribution in [2.75, 3.05) is 0 Å². The Labute approximate surface area is 64.5 Å². The van der Waals surface area contributed by atoms with Crippen molar-refractivity contribution in [3.05, 3.63) is 42.9 Å². The molecule has 0 spiro atoms. The molecule has 2 radical (unpaired) electrons. The van der Waals surface area contributed by atoms with Gasteiger partial charge in [0.1, 0.15) is 5.76 Å². The molecule has 2 aromatic heterocycles. The Kier molecular flexibility index (Phi) is 1.44. The van der Waals surface area contributed by atoms with Gasteiger partial charge in [0.2, 0.25) is 0 Å². The number of rotatable bonds is 1. The zero-order valence-corrected chi connectivity index (χ0v) is 5.74. The van der Waals surface area contributed by atoms with Gasteiger partial charge in [-0.25, -0.2) is 0 Å². The summed E-state index contributed by atoms with van der Waals surface area (Å²) in [6.45, 7) is 0. The third kappa shape index (κ3) is 1.15. The molecule has 0 N–H and O–H groups in total. The molecule has 0 unspecified atom stereocenters. The van der Waals surface area contributed by atoms with E-state index in [1.165, 1.54) is 0 Å². The van der Waals surface area contributed by atoms with E-state index in [0.717, 1.165) is 11.3 Å². The lowest BCUT2D eigenvalue weighted by molar-refractivity contribution is 0.582. The van der Waals surface area contributed by atoms with Gasteiger partial charge in [-0.2, -0.15) is 0 Å². The fourth-order valence-electron chi connectivity index (χ4n) is 0.859. The van der Waals surface area contributed by atoms with E-state index in [-0.39, 0.29) is 0 Å². The summed E-state index contributed by atoms with van der Waals surface area (Å²) in [6, 6.07) is 8.38. The molecule has 2 heteroatoms. The Balaban J connectivity index is 2.46. The van der Waals surface area contributed by atoms with Gasteiger partial charge in [0.15, 0.2) is 0 Å². The van der Waals surface area contributed by atoms with Crippen LogP contribution in [0.1, 0.15) is 0 Å². The van der Waals surface area contributed by atoms with Gasteiger partial charge in [0, 0.05) is 17.8 Å². The van der Waals surface area contributed by atoms with E-state index in [9.17, 15) is 0 Å². The van der Waals surface area contributed by atoms with E-state index in [0.29, 0.717) is 0 Å². The van der Waals surface area contributed by atoms with Crippen molar-refractivity contribution in [1.29, 1.82) is 0 Å². The summed E-state index contributed by atoms with van der Waals surface area (Å²) in [7, 11) is 0. The number of pyridine rings is 1. The van der Waals surface area contributed by atoms with Crippen LogP contribution < -0.4 is 0 Å². The minimum absolute atomic E-state index is 0.795. The maximum atomic E-state index is 5.14. The SMILES string of the molecule is [c]1[c]c(-c2ccco2)ccn1. The maximum absolute atomic E-state index is 5.14. The highest BCUT2D eigenvalue weighted by atomic mass is 16.3. The van der Waals surface area contributed by atoms with Crippen LogP contribution in [-0.2, 0) is 0 Å². The highest BCUT2D eigenvalue weighted by molar-refractivity contribution is 5.54. The van der Waals surface area contributed by atoms with Crippen LogP contribution in [0, 0.1) is 12.3 Å². The average Bonchev–Trinajstić information content (AvgIpc) is 2.58. The Hall–Kier alpha value is -1.57. The number of hydrogen-bond donors (Lipinski definition) is 0. The number of furan rings is 1. The van der Waals surface area contributed by atoms with Gasteiger partial charge < -0.3 is 4.42 Å². The molecule has 2 nitrogen and oxygen atoms in total. The van der Waals surface area contributed by atoms with Crippen molar-refractivity contribution in [2.45, 2.75) is 0 Å². The van der Waals surface area contributed by atoms with E-state index in [2.05, 4.69) is 17.2 Å². The molecule has 0 fully saturated rings. The van der Waals surface area contributed by atoms with E-state index < -0.39 is 0 Å². The van der Waals surface area contributed by atoms with Crippen LogP contribution in [0.3, 0.4) is 0 Å². The molecule has 0 aliphatic carbocycles. The first-order valence-electron chi connectivity index (χ1n) is 3.25. The molecule has 0 aliphatic rings. The standard InChI is InChI=1S/C9H5NO/c1-2-9(11-7-1)8-3-5-10-6-4-8/h1-3,5,7H. The lowest BCUT2D eigenvalue weighted by Crippen LogP contribution is -1.74. The van der Waals surface area contributed by atoms with Gasteiger partial charge >= 0.3 is 0 Å². The molecular weight excluding hydrogens is 138 g/mol. The second kappa shape index (κ2) is 2.58. The first-order chi connectivity index (χ1) is 5.47. The second-order valence-corrected chi connectivity index (χ2v) is 2.07. The van der Waals surface area contributed by atoms with Crippen LogP contribution in [0.5, 0.6) is 0 Å². The largest absolute Gasteiger partial charge is 0.464 e. The van der Waals surface area contributed by atoms with Crippen LogP contribution in [0.2, 0.25) is 0 Å². The fourth-order valence-corrected chi connectivity index (χ4v) is 0.859. The minimum Gasteiger partial charge on any atom is -0.464 e. The summed E-state index contributed by atoms with van der Waals surface area (Å²) in [4.78, 5) is 3.73. The van der Waals surface area contributed by atoms with Gasteiger partial charge in [-0.05, 0) is 18.2 Å². The first kappa shape index (κ1) is 6.16. The molecule has 0 amide bonds. The maximum Gasteiger partial charge on any atom is 0.134 e. The fraction of sp³-hybridized carbons (Fsp3) is 0. The summed E-state index contributed by atoms with van der Waals surface area (Å²) in [5.41, 5.74) is 0.880. The Bertz CT molecular complexity index is 313. The normalized spacial score (nSPS) is 9.82. The van der Waals surface area contributed by atoms with Gasteiger partial charge in [0.05, 0.1) is 12.5 Å². The van der Waals surface area contributed by atoms with Crippen molar-refractivity contribution in [3.63, 3.8) is 0 Å². The van der Waals surface area contributed by atoms with Crippen molar-refractivity contribution in [3.8, 4) is 11.3 Å². The third-order valence-electron chi connectivity index (χ3n) is 1.36. The van der Waals surface area contributed by atoms with Crippen molar-refractivity contribution in [1.82, 2.24) is 4.98 Å². The number of hydrogen-bond acceptors (Lipinski definition) is 2. The van der Waals surface area contributed by atoms with Crippen LogP contribution in [0.25, 0.3) is 11.3 Å². The molecular formula is C9H5NO. The Morgan fingerprint density at radius 1 is 1.36 bits per heavy atom. The molecule has 0 aromatic carbocycles. The molecule has 2 aromatic rings. The summed E-state index contributed by atoms with van der Waals surface area (Å²) >= 11 is 0. The van der Waals surface area contributed by atoms with Crippen LogP contribution in [0.4, 0.5) is 0 Å². The number of nitrogens with zero attached hydrogens (tertiary/aromatic N) is 1. The summed E-state index contributed by atoms with van der Waals surface area (Å²) in [5.74, 6) is 0.795. The van der Waals surface area contributed by atoms with Crippen molar-refractivity contribution >= 4 is 0 Å². The molecule has 52 valence electrons. The zero-order chi connectivity index (χ0) is 7.52. The molecule has 0 saturated heterocycles. The monoisotopic (exact) mass is 143 g/mol.